The minimum absolute atomic E-state index is 0.0160. The summed E-state index contributed by atoms with van der Waals surface area (Å²) in [5.41, 5.74) is 3.35. The molecule has 0 saturated carbocycles. The average Bonchev–Trinajstić information content (AvgIpc) is 3.25. The molecule has 132 valence electrons. The maximum Gasteiger partial charge on any atom is 0.307 e. The Hall–Kier alpha value is -2.51. The molecule has 1 aliphatic carbocycles. The first-order valence-corrected chi connectivity index (χ1v) is 9.34. The fourth-order valence-electron chi connectivity index (χ4n) is 2.91. The van der Waals surface area contributed by atoms with Crippen molar-refractivity contribution in [3.05, 3.63) is 50.9 Å². The van der Waals surface area contributed by atoms with Gasteiger partial charge in [0.15, 0.2) is 10.3 Å². The van der Waals surface area contributed by atoms with E-state index in [1.54, 1.807) is 24.3 Å². The summed E-state index contributed by atoms with van der Waals surface area (Å²) in [4.78, 5) is 24.2. The van der Waals surface area contributed by atoms with E-state index in [4.69, 9.17) is 21.4 Å². The van der Waals surface area contributed by atoms with E-state index >= 15 is 0 Å². The molecule has 8 heteroatoms. The maximum atomic E-state index is 10.8. The normalized spacial score (nSPS) is 12.8. The Morgan fingerprint density at radius 3 is 2.69 bits per heavy atom. The first-order valence-electron chi connectivity index (χ1n) is 8.08. The van der Waals surface area contributed by atoms with Crippen LogP contribution in [0.3, 0.4) is 0 Å². The summed E-state index contributed by atoms with van der Waals surface area (Å²) in [7, 11) is 0. The molecule has 26 heavy (non-hydrogen) atoms. The topological polar surface area (TPSA) is 85.2 Å². The van der Waals surface area contributed by atoms with Crippen LogP contribution in [0.15, 0.2) is 29.6 Å². The molecule has 1 aliphatic rings. The molecule has 0 saturated heterocycles. The van der Waals surface area contributed by atoms with Crippen molar-refractivity contribution in [2.24, 2.45) is 0 Å². The molecule has 2 aromatic heterocycles. The van der Waals surface area contributed by atoms with Crippen LogP contribution < -0.4 is 4.74 Å². The van der Waals surface area contributed by atoms with Crippen LogP contribution in [-0.2, 0) is 24.1 Å². The zero-order valence-corrected chi connectivity index (χ0v) is 15.2. The number of carbonyl (C=O) groups is 1. The highest BCUT2D eigenvalue weighted by Crippen LogP contribution is 2.34. The summed E-state index contributed by atoms with van der Waals surface area (Å²) in [6.45, 7) is 0. The van der Waals surface area contributed by atoms with E-state index < -0.39 is 5.97 Å². The van der Waals surface area contributed by atoms with Gasteiger partial charge < -0.3 is 9.84 Å². The van der Waals surface area contributed by atoms with Crippen LogP contribution in [0, 0.1) is 0 Å². The fraction of sp³-hybridized carbons (Fsp3) is 0.222. The molecular formula is C18H14ClN3O3S. The molecule has 1 aromatic carbocycles. The number of aliphatic carboxylic acids is 1. The largest absolute Gasteiger partial charge is 0.481 e. The van der Waals surface area contributed by atoms with Gasteiger partial charge in [-0.25, -0.2) is 9.97 Å². The summed E-state index contributed by atoms with van der Waals surface area (Å²) in [6.07, 6.45) is 2.76. The number of thiazole rings is 1. The average molecular weight is 388 g/mol. The van der Waals surface area contributed by atoms with Gasteiger partial charge in [0.25, 0.3) is 0 Å². The standard InChI is InChI=1S/C18H14ClN3O3S/c19-18-21-14(9-26-18)16-20-13-3-1-2-12(13)17(22-16)25-11-6-4-10(5-7-11)8-15(23)24/h4-7,9H,1-3,8H2,(H,23,24). The molecule has 1 N–H and O–H groups in total. The number of carboxylic acid groups (broad SMARTS) is 1. The minimum atomic E-state index is -0.862. The quantitative estimate of drug-likeness (QED) is 0.707. The Labute approximate surface area is 158 Å². The monoisotopic (exact) mass is 387 g/mol. The van der Waals surface area contributed by atoms with Gasteiger partial charge in [0.05, 0.1) is 12.1 Å². The van der Waals surface area contributed by atoms with Crippen molar-refractivity contribution in [1.29, 1.82) is 0 Å². The van der Waals surface area contributed by atoms with Crippen LogP contribution in [-0.4, -0.2) is 26.0 Å². The van der Waals surface area contributed by atoms with Gasteiger partial charge in [0.1, 0.15) is 11.4 Å². The number of nitrogens with zero attached hydrogens (tertiary/aromatic N) is 3. The number of hydrogen-bond acceptors (Lipinski definition) is 6. The van der Waals surface area contributed by atoms with Gasteiger partial charge in [-0.1, -0.05) is 23.7 Å². The van der Waals surface area contributed by atoms with Crippen LogP contribution in [0.1, 0.15) is 23.2 Å². The molecule has 3 aromatic rings. The van der Waals surface area contributed by atoms with E-state index in [0.29, 0.717) is 27.6 Å². The van der Waals surface area contributed by atoms with Gasteiger partial charge in [-0.2, -0.15) is 4.98 Å². The lowest BCUT2D eigenvalue weighted by atomic mass is 10.1. The number of hydrogen-bond donors (Lipinski definition) is 1. The smallest absolute Gasteiger partial charge is 0.307 e. The lowest BCUT2D eigenvalue weighted by molar-refractivity contribution is -0.136. The van der Waals surface area contributed by atoms with Crippen molar-refractivity contribution < 1.29 is 14.6 Å². The zero-order valence-electron chi connectivity index (χ0n) is 13.6. The molecule has 2 heterocycles. The molecule has 6 nitrogen and oxygen atoms in total. The number of halogens is 1. The number of aryl methyl sites for hydroxylation is 1. The summed E-state index contributed by atoms with van der Waals surface area (Å²) in [5, 5.41) is 10.7. The van der Waals surface area contributed by atoms with Gasteiger partial charge >= 0.3 is 5.97 Å². The predicted molar refractivity (Wildman–Crippen MR) is 98.0 cm³/mol. The van der Waals surface area contributed by atoms with Gasteiger partial charge in [-0.05, 0) is 37.0 Å². The van der Waals surface area contributed by atoms with Crippen molar-refractivity contribution in [3.63, 3.8) is 0 Å². The Morgan fingerprint density at radius 1 is 1.19 bits per heavy atom. The van der Waals surface area contributed by atoms with Gasteiger partial charge in [0, 0.05) is 10.9 Å². The fourth-order valence-corrected chi connectivity index (χ4v) is 3.66. The minimum Gasteiger partial charge on any atom is -0.481 e. The molecule has 0 radical (unpaired) electrons. The van der Waals surface area contributed by atoms with Crippen LogP contribution in [0.2, 0.25) is 4.47 Å². The number of rotatable bonds is 5. The van der Waals surface area contributed by atoms with Crippen molar-refractivity contribution in [1.82, 2.24) is 15.0 Å². The molecule has 0 aliphatic heterocycles. The summed E-state index contributed by atoms with van der Waals surface area (Å²) in [5.74, 6) is 0.775. The lowest BCUT2D eigenvalue weighted by Gasteiger charge is -2.11. The van der Waals surface area contributed by atoms with Gasteiger partial charge in [-0.3, -0.25) is 4.79 Å². The van der Waals surface area contributed by atoms with E-state index in [0.717, 1.165) is 36.1 Å². The van der Waals surface area contributed by atoms with Crippen LogP contribution in [0.4, 0.5) is 0 Å². The molecule has 0 amide bonds. The SMILES string of the molecule is O=C(O)Cc1ccc(Oc2nc(-c3csc(Cl)n3)nc3c2CCC3)cc1. The Morgan fingerprint density at radius 2 is 2.00 bits per heavy atom. The highest BCUT2D eigenvalue weighted by molar-refractivity contribution is 7.14. The molecule has 0 unspecified atom stereocenters. The van der Waals surface area contributed by atoms with E-state index in [1.807, 2.05) is 5.38 Å². The second-order valence-corrected chi connectivity index (χ2v) is 7.37. The van der Waals surface area contributed by atoms with Crippen LogP contribution >= 0.6 is 22.9 Å². The van der Waals surface area contributed by atoms with Crippen LogP contribution in [0.25, 0.3) is 11.5 Å². The molecule has 0 fully saturated rings. The second-order valence-electron chi connectivity index (χ2n) is 5.93. The zero-order chi connectivity index (χ0) is 18.1. The van der Waals surface area contributed by atoms with Crippen molar-refractivity contribution in [3.8, 4) is 23.1 Å². The molecule has 0 atom stereocenters. The van der Waals surface area contributed by atoms with E-state index in [2.05, 4.69) is 15.0 Å². The summed E-state index contributed by atoms with van der Waals surface area (Å²) >= 11 is 7.26. The van der Waals surface area contributed by atoms with Crippen molar-refractivity contribution in [2.45, 2.75) is 25.7 Å². The van der Waals surface area contributed by atoms with Gasteiger partial charge in [0.2, 0.25) is 5.88 Å². The number of ether oxygens (including phenoxy) is 1. The number of fused-ring (bicyclic) bond motifs is 1. The van der Waals surface area contributed by atoms with Crippen LogP contribution in [0.5, 0.6) is 11.6 Å². The lowest BCUT2D eigenvalue weighted by Crippen LogP contribution is -2.02. The Bertz CT molecular complexity index is 972. The predicted octanol–water partition coefficient (Wildman–Crippen LogP) is 4.16. The number of carboxylic acids is 1. The third-order valence-electron chi connectivity index (χ3n) is 4.09. The highest BCUT2D eigenvalue weighted by atomic mass is 35.5. The van der Waals surface area contributed by atoms with E-state index in [1.165, 1.54) is 11.3 Å². The third-order valence-corrected chi connectivity index (χ3v) is 5.07. The molecule has 0 spiro atoms. The molecular weight excluding hydrogens is 374 g/mol. The summed E-state index contributed by atoms with van der Waals surface area (Å²) in [6, 6.07) is 6.99. The maximum absolute atomic E-state index is 10.8. The highest BCUT2D eigenvalue weighted by Gasteiger charge is 2.22. The second kappa shape index (κ2) is 7.01. The van der Waals surface area contributed by atoms with Crippen molar-refractivity contribution >= 4 is 28.9 Å². The number of benzene rings is 1. The Kier molecular flexibility index (Phi) is 4.57. The number of aromatic nitrogens is 3. The van der Waals surface area contributed by atoms with Crippen molar-refractivity contribution in [2.75, 3.05) is 0 Å². The van der Waals surface area contributed by atoms with Gasteiger partial charge in [-0.15, -0.1) is 11.3 Å². The molecule has 4 rings (SSSR count). The third kappa shape index (κ3) is 3.54. The summed E-state index contributed by atoms with van der Waals surface area (Å²) < 4.78 is 6.44. The Balaban J connectivity index is 1.65. The first kappa shape index (κ1) is 16.9. The first-order chi connectivity index (χ1) is 12.6. The van der Waals surface area contributed by atoms with E-state index in [-0.39, 0.29) is 6.42 Å². The molecule has 0 bridgehead atoms. The van der Waals surface area contributed by atoms with E-state index in [9.17, 15) is 4.79 Å².